The number of ketones is 1. The predicted octanol–water partition coefficient (Wildman–Crippen LogP) is 2.38. The highest BCUT2D eigenvalue weighted by Crippen LogP contribution is 2.25. The van der Waals surface area contributed by atoms with Crippen LogP contribution in [-0.4, -0.2) is 22.4 Å². The fourth-order valence-corrected chi connectivity index (χ4v) is 1.94. The third kappa shape index (κ3) is 3.78. The summed E-state index contributed by atoms with van der Waals surface area (Å²) in [7, 11) is 0. The highest BCUT2D eigenvalue weighted by Gasteiger charge is 2.17. The summed E-state index contributed by atoms with van der Waals surface area (Å²) < 4.78 is 0. The van der Waals surface area contributed by atoms with Crippen LogP contribution in [0.4, 0.5) is 5.69 Å². The molecule has 1 rings (SSSR count). The van der Waals surface area contributed by atoms with Gasteiger partial charge in [-0.05, 0) is 25.3 Å². The van der Waals surface area contributed by atoms with Crippen molar-refractivity contribution >= 4 is 23.1 Å². The Balaban J connectivity index is 2.90. The van der Waals surface area contributed by atoms with E-state index in [1.165, 1.54) is 19.1 Å². The third-order valence-corrected chi connectivity index (χ3v) is 3.12. The molecular formula is C12H14ClNO4. The molecule has 0 radical (unpaired) electrons. The van der Waals surface area contributed by atoms with E-state index >= 15 is 0 Å². The first-order valence-corrected chi connectivity index (χ1v) is 5.87. The summed E-state index contributed by atoms with van der Waals surface area (Å²) in [6.07, 6.45) is 0.745. The normalized spacial score (nSPS) is 12.2. The van der Waals surface area contributed by atoms with Crippen LogP contribution in [-0.2, 0) is 11.2 Å². The zero-order valence-corrected chi connectivity index (χ0v) is 10.7. The Labute approximate surface area is 110 Å². The molecule has 0 spiro atoms. The molecule has 0 bridgehead atoms. The average Bonchev–Trinajstić information content (AvgIpc) is 2.30. The Kier molecular flexibility index (Phi) is 5.25. The van der Waals surface area contributed by atoms with Gasteiger partial charge in [0.1, 0.15) is 5.78 Å². The quantitative estimate of drug-likeness (QED) is 0.636. The molecule has 0 aliphatic rings. The number of benzene rings is 1. The number of non-ortho nitro benzene ring substituents is 1. The van der Waals surface area contributed by atoms with E-state index in [0.717, 1.165) is 0 Å². The van der Waals surface area contributed by atoms with Crippen LogP contribution in [0.3, 0.4) is 0 Å². The number of carbonyl (C=O) groups excluding carboxylic acids is 1. The molecule has 1 aromatic carbocycles. The minimum atomic E-state index is -0.522. The van der Waals surface area contributed by atoms with E-state index in [9.17, 15) is 14.9 Å². The summed E-state index contributed by atoms with van der Waals surface area (Å²) in [5.41, 5.74) is 0.598. The molecule has 0 amide bonds. The van der Waals surface area contributed by atoms with Gasteiger partial charge in [-0.2, -0.15) is 0 Å². The molecular weight excluding hydrogens is 258 g/mol. The number of nitro benzene ring substituents is 1. The van der Waals surface area contributed by atoms with Gasteiger partial charge in [0.05, 0.1) is 9.95 Å². The molecule has 0 saturated heterocycles. The van der Waals surface area contributed by atoms with Crippen LogP contribution in [0.1, 0.15) is 18.9 Å². The fraction of sp³-hybridized carbons (Fsp3) is 0.417. The minimum Gasteiger partial charge on any atom is -0.396 e. The van der Waals surface area contributed by atoms with Crippen LogP contribution in [0.2, 0.25) is 5.02 Å². The Hall–Kier alpha value is -1.46. The highest BCUT2D eigenvalue weighted by molar-refractivity contribution is 6.31. The maximum atomic E-state index is 11.4. The standard InChI is InChI=1S/C12H14ClNO4/c1-8(16)9(4-5-15)6-10-2-3-11(14(17)18)7-12(10)13/h2-3,7,9,15H,4-6H2,1H3. The lowest BCUT2D eigenvalue weighted by Crippen LogP contribution is -2.15. The Bertz CT molecular complexity index is 461. The van der Waals surface area contributed by atoms with Gasteiger partial charge in [-0.15, -0.1) is 0 Å². The number of halogens is 1. The minimum absolute atomic E-state index is 0.0292. The Morgan fingerprint density at radius 2 is 2.22 bits per heavy atom. The van der Waals surface area contributed by atoms with Gasteiger partial charge in [-0.25, -0.2) is 0 Å². The number of carbonyl (C=O) groups is 1. The second-order valence-corrected chi connectivity index (χ2v) is 4.46. The summed E-state index contributed by atoms with van der Waals surface area (Å²) in [4.78, 5) is 21.4. The predicted molar refractivity (Wildman–Crippen MR) is 67.7 cm³/mol. The first kappa shape index (κ1) is 14.6. The monoisotopic (exact) mass is 271 g/mol. The van der Waals surface area contributed by atoms with Gasteiger partial charge in [-0.3, -0.25) is 14.9 Å². The summed E-state index contributed by atoms with van der Waals surface area (Å²) in [5.74, 6) is -0.340. The largest absolute Gasteiger partial charge is 0.396 e. The molecule has 1 aromatic rings. The maximum absolute atomic E-state index is 11.4. The number of nitro groups is 1. The third-order valence-electron chi connectivity index (χ3n) is 2.77. The van der Waals surface area contributed by atoms with Gasteiger partial charge in [0, 0.05) is 24.7 Å². The van der Waals surface area contributed by atoms with Gasteiger partial charge in [-0.1, -0.05) is 17.7 Å². The number of aliphatic hydroxyl groups excluding tert-OH is 1. The smallest absolute Gasteiger partial charge is 0.270 e. The lowest BCUT2D eigenvalue weighted by atomic mass is 9.93. The molecule has 0 aromatic heterocycles. The van der Waals surface area contributed by atoms with Crippen LogP contribution in [0, 0.1) is 16.0 Å². The molecule has 6 heteroatoms. The van der Waals surface area contributed by atoms with Gasteiger partial charge in [0.25, 0.3) is 5.69 Å². The molecule has 1 atom stereocenters. The topological polar surface area (TPSA) is 80.4 Å². The first-order chi connectivity index (χ1) is 8.45. The number of hydrogen-bond donors (Lipinski definition) is 1. The molecule has 1 unspecified atom stereocenters. The van der Waals surface area contributed by atoms with Crippen LogP contribution < -0.4 is 0 Å². The van der Waals surface area contributed by atoms with E-state index in [-0.39, 0.29) is 29.0 Å². The van der Waals surface area contributed by atoms with E-state index in [2.05, 4.69) is 0 Å². The zero-order valence-electron chi connectivity index (χ0n) is 9.93. The van der Waals surface area contributed by atoms with Gasteiger partial charge < -0.3 is 5.11 Å². The van der Waals surface area contributed by atoms with Crippen LogP contribution in [0.25, 0.3) is 0 Å². The number of Topliss-reactive ketones (excluding diaryl/α,β-unsaturated/α-hetero) is 1. The van der Waals surface area contributed by atoms with E-state index in [1.807, 2.05) is 0 Å². The van der Waals surface area contributed by atoms with E-state index in [1.54, 1.807) is 6.07 Å². The van der Waals surface area contributed by atoms with Crippen molar-refractivity contribution in [3.8, 4) is 0 Å². The van der Waals surface area contributed by atoms with Crippen LogP contribution in [0.5, 0.6) is 0 Å². The lowest BCUT2D eigenvalue weighted by Gasteiger charge is -2.13. The van der Waals surface area contributed by atoms with Crippen molar-refractivity contribution in [2.75, 3.05) is 6.61 Å². The molecule has 5 nitrogen and oxygen atoms in total. The molecule has 0 heterocycles. The number of rotatable bonds is 6. The maximum Gasteiger partial charge on any atom is 0.270 e. The molecule has 1 N–H and O–H groups in total. The molecule has 0 aliphatic carbocycles. The molecule has 0 fully saturated rings. The second kappa shape index (κ2) is 6.47. The summed E-state index contributed by atoms with van der Waals surface area (Å²) in [5, 5.41) is 19.7. The Morgan fingerprint density at radius 1 is 1.56 bits per heavy atom. The SMILES string of the molecule is CC(=O)C(CCO)Cc1ccc([N+](=O)[O-])cc1Cl. The van der Waals surface area contributed by atoms with Crippen molar-refractivity contribution in [3.05, 3.63) is 38.9 Å². The summed E-state index contributed by atoms with van der Waals surface area (Å²) in [6.45, 7) is 1.38. The second-order valence-electron chi connectivity index (χ2n) is 4.06. The number of aliphatic hydroxyl groups is 1. The number of hydrogen-bond acceptors (Lipinski definition) is 4. The molecule has 98 valence electrons. The molecule has 18 heavy (non-hydrogen) atoms. The van der Waals surface area contributed by atoms with Crippen molar-refractivity contribution in [2.24, 2.45) is 5.92 Å². The van der Waals surface area contributed by atoms with Crippen molar-refractivity contribution < 1.29 is 14.8 Å². The Morgan fingerprint density at radius 3 is 2.67 bits per heavy atom. The van der Waals surface area contributed by atoms with Gasteiger partial charge in [0.2, 0.25) is 0 Å². The van der Waals surface area contributed by atoms with E-state index in [0.29, 0.717) is 18.4 Å². The average molecular weight is 272 g/mol. The van der Waals surface area contributed by atoms with Gasteiger partial charge in [0.15, 0.2) is 0 Å². The highest BCUT2D eigenvalue weighted by atomic mass is 35.5. The zero-order chi connectivity index (χ0) is 13.7. The molecule has 0 aliphatic heterocycles. The van der Waals surface area contributed by atoms with Crippen molar-refractivity contribution in [3.63, 3.8) is 0 Å². The van der Waals surface area contributed by atoms with E-state index in [4.69, 9.17) is 16.7 Å². The number of nitrogens with zero attached hydrogens (tertiary/aromatic N) is 1. The fourth-order valence-electron chi connectivity index (χ4n) is 1.69. The molecule has 0 saturated carbocycles. The summed E-state index contributed by atoms with van der Waals surface area (Å²) >= 11 is 5.94. The van der Waals surface area contributed by atoms with Crippen molar-refractivity contribution in [1.82, 2.24) is 0 Å². The summed E-state index contributed by atoms with van der Waals surface area (Å²) in [6, 6.07) is 4.18. The van der Waals surface area contributed by atoms with E-state index < -0.39 is 4.92 Å². The lowest BCUT2D eigenvalue weighted by molar-refractivity contribution is -0.384. The first-order valence-electron chi connectivity index (χ1n) is 5.49. The van der Waals surface area contributed by atoms with Gasteiger partial charge >= 0.3 is 0 Å². The van der Waals surface area contributed by atoms with Crippen molar-refractivity contribution in [2.45, 2.75) is 19.8 Å². The van der Waals surface area contributed by atoms with Crippen LogP contribution >= 0.6 is 11.6 Å². The van der Waals surface area contributed by atoms with Crippen molar-refractivity contribution in [1.29, 1.82) is 0 Å². The van der Waals surface area contributed by atoms with Crippen LogP contribution in [0.15, 0.2) is 18.2 Å².